The van der Waals surface area contributed by atoms with Crippen molar-refractivity contribution in [1.82, 2.24) is 4.98 Å². The minimum atomic E-state index is 0.245. The van der Waals surface area contributed by atoms with E-state index in [4.69, 9.17) is 4.74 Å². The average Bonchev–Trinajstić information content (AvgIpc) is 2.97. The van der Waals surface area contributed by atoms with Crippen LogP contribution in [0.25, 0.3) is 11.3 Å². The standard InChI is InChI=1S/C18H17N3O2S/c1-12-17(14-5-7-15(22)8-6-14)20-18(24-12)21-19-11-13-3-9-16(23-2)10-4-13/h3-11,22H,1-2H3,(H,20,21)/b19-11+. The molecule has 3 aromatic rings. The first-order valence-electron chi connectivity index (χ1n) is 7.35. The van der Waals surface area contributed by atoms with Crippen LogP contribution < -0.4 is 10.2 Å². The van der Waals surface area contributed by atoms with Gasteiger partial charge in [-0.15, -0.1) is 11.3 Å². The van der Waals surface area contributed by atoms with Crippen LogP contribution >= 0.6 is 11.3 Å². The number of thiazole rings is 1. The molecule has 0 spiro atoms. The lowest BCUT2D eigenvalue weighted by molar-refractivity contribution is 0.415. The maximum atomic E-state index is 9.38. The fraction of sp³-hybridized carbons (Fsp3) is 0.111. The maximum Gasteiger partial charge on any atom is 0.204 e. The number of rotatable bonds is 5. The molecule has 3 rings (SSSR count). The summed E-state index contributed by atoms with van der Waals surface area (Å²) in [5.74, 6) is 1.06. The Morgan fingerprint density at radius 2 is 1.83 bits per heavy atom. The van der Waals surface area contributed by atoms with Crippen LogP contribution in [-0.4, -0.2) is 23.4 Å². The minimum absolute atomic E-state index is 0.245. The summed E-state index contributed by atoms with van der Waals surface area (Å²) < 4.78 is 5.12. The van der Waals surface area contributed by atoms with E-state index in [1.807, 2.05) is 43.3 Å². The lowest BCUT2D eigenvalue weighted by atomic mass is 10.1. The van der Waals surface area contributed by atoms with Crippen molar-refractivity contribution >= 4 is 22.7 Å². The van der Waals surface area contributed by atoms with Crippen LogP contribution in [0.3, 0.4) is 0 Å². The van der Waals surface area contributed by atoms with E-state index in [-0.39, 0.29) is 5.75 Å². The number of aromatic hydroxyl groups is 1. The lowest BCUT2D eigenvalue weighted by Gasteiger charge is -1.99. The second kappa shape index (κ2) is 7.14. The number of anilines is 1. The number of benzene rings is 2. The molecule has 0 unspecified atom stereocenters. The molecular formula is C18H17N3O2S. The second-order valence-corrected chi connectivity index (χ2v) is 6.32. The van der Waals surface area contributed by atoms with Crippen LogP contribution in [0, 0.1) is 6.92 Å². The SMILES string of the molecule is COc1ccc(/C=N/Nc2nc(-c3ccc(O)cc3)c(C)s2)cc1. The molecule has 0 aliphatic heterocycles. The van der Waals surface area contributed by atoms with Crippen molar-refractivity contribution in [2.24, 2.45) is 5.10 Å². The average molecular weight is 339 g/mol. The van der Waals surface area contributed by atoms with Crippen LogP contribution in [0.2, 0.25) is 0 Å². The molecule has 1 heterocycles. The molecule has 0 amide bonds. The number of nitrogens with one attached hydrogen (secondary N) is 1. The quantitative estimate of drug-likeness (QED) is 0.538. The normalized spacial score (nSPS) is 10.9. The number of methoxy groups -OCH3 is 1. The predicted molar refractivity (Wildman–Crippen MR) is 98.2 cm³/mol. The van der Waals surface area contributed by atoms with Crippen LogP contribution in [0.1, 0.15) is 10.4 Å². The first-order valence-corrected chi connectivity index (χ1v) is 8.17. The van der Waals surface area contributed by atoms with Crippen molar-refractivity contribution in [1.29, 1.82) is 0 Å². The summed E-state index contributed by atoms with van der Waals surface area (Å²) in [5, 5.41) is 14.3. The van der Waals surface area contributed by atoms with E-state index in [1.54, 1.807) is 25.5 Å². The smallest absolute Gasteiger partial charge is 0.204 e. The van der Waals surface area contributed by atoms with Crippen LogP contribution in [0.15, 0.2) is 53.6 Å². The first kappa shape index (κ1) is 16.0. The summed E-state index contributed by atoms with van der Waals surface area (Å²) in [6, 6.07) is 14.6. The largest absolute Gasteiger partial charge is 0.508 e. The van der Waals surface area contributed by atoms with Gasteiger partial charge in [0.2, 0.25) is 5.13 Å². The third kappa shape index (κ3) is 3.72. The first-order chi connectivity index (χ1) is 11.7. The molecule has 0 aliphatic carbocycles. The van der Waals surface area contributed by atoms with Gasteiger partial charge in [0.05, 0.1) is 19.0 Å². The fourth-order valence-corrected chi connectivity index (χ4v) is 2.97. The van der Waals surface area contributed by atoms with Crippen molar-refractivity contribution in [2.75, 3.05) is 12.5 Å². The van der Waals surface area contributed by atoms with Crippen molar-refractivity contribution < 1.29 is 9.84 Å². The van der Waals surface area contributed by atoms with Gasteiger partial charge >= 0.3 is 0 Å². The molecule has 0 aliphatic rings. The number of phenols is 1. The molecule has 2 N–H and O–H groups in total. The van der Waals surface area contributed by atoms with Gasteiger partial charge < -0.3 is 9.84 Å². The molecule has 1 aromatic heterocycles. The Morgan fingerprint density at radius 3 is 2.50 bits per heavy atom. The highest BCUT2D eigenvalue weighted by Gasteiger charge is 2.09. The van der Waals surface area contributed by atoms with Gasteiger partial charge in [0.25, 0.3) is 0 Å². The summed E-state index contributed by atoms with van der Waals surface area (Å²) in [4.78, 5) is 5.65. The number of aryl methyl sites for hydroxylation is 1. The van der Waals surface area contributed by atoms with Gasteiger partial charge in [-0.3, -0.25) is 5.43 Å². The van der Waals surface area contributed by atoms with Crippen molar-refractivity contribution in [2.45, 2.75) is 6.92 Å². The summed E-state index contributed by atoms with van der Waals surface area (Å²) in [6.45, 7) is 2.01. The molecule has 2 aromatic carbocycles. The van der Waals surface area contributed by atoms with Crippen LogP contribution in [0.4, 0.5) is 5.13 Å². The molecule has 0 saturated heterocycles. The van der Waals surface area contributed by atoms with Crippen molar-refractivity contribution in [3.63, 3.8) is 0 Å². The number of phenolic OH excluding ortho intramolecular Hbond substituents is 1. The highest BCUT2D eigenvalue weighted by molar-refractivity contribution is 7.15. The van der Waals surface area contributed by atoms with Gasteiger partial charge in [-0.2, -0.15) is 5.10 Å². The monoisotopic (exact) mass is 339 g/mol. The van der Waals surface area contributed by atoms with Gasteiger partial charge in [-0.1, -0.05) is 0 Å². The molecule has 5 nitrogen and oxygen atoms in total. The zero-order valence-corrected chi connectivity index (χ0v) is 14.2. The van der Waals surface area contributed by atoms with Gasteiger partial charge in [0.15, 0.2) is 0 Å². The fourth-order valence-electron chi connectivity index (χ4n) is 2.18. The molecule has 6 heteroatoms. The summed E-state index contributed by atoms with van der Waals surface area (Å²) in [7, 11) is 1.64. The second-order valence-electron chi connectivity index (χ2n) is 5.11. The number of aromatic nitrogens is 1. The summed E-state index contributed by atoms with van der Waals surface area (Å²) >= 11 is 1.54. The molecular weight excluding hydrogens is 322 g/mol. The van der Waals surface area contributed by atoms with E-state index < -0.39 is 0 Å². The van der Waals surface area contributed by atoms with E-state index in [2.05, 4.69) is 15.5 Å². The zero-order chi connectivity index (χ0) is 16.9. The molecule has 0 bridgehead atoms. The number of hydrogen-bond acceptors (Lipinski definition) is 6. The van der Waals surface area contributed by atoms with Crippen LogP contribution in [-0.2, 0) is 0 Å². The van der Waals surface area contributed by atoms with Crippen molar-refractivity contribution in [3.8, 4) is 22.8 Å². The minimum Gasteiger partial charge on any atom is -0.508 e. The Bertz CT molecular complexity index is 840. The summed E-state index contributed by atoms with van der Waals surface area (Å²) in [5.41, 5.74) is 5.79. The van der Waals surface area contributed by atoms with Crippen LogP contribution in [0.5, 0.6) is 11.5 Å². The molecule has 0 saturated carbocycles. The predicted octanol–water partition coefficient (Wildman–Crippen LogP) is 4.28. The molecule has 0 radical (unpaired) electrons. The Labute approximate surface area is 144 Å². The van der Waals surface area contributed by atoms with E-state index in [0.717, 1.165) is 32.6 Å². The number of hydrogen-bond donors (Lipinski definition) is 2. The Morgan fingerprint density at radius 1 is 1.12 bits per heavy atom. The van der Waals surface area contributed by atoms with Crippen molar-refractivity contribution in [3.05, 3.63) is 59.0 Å². The highest BCUT2D eigenvalue weighted by Crippen LogP contribution is 2.31. The third-order valence-corrected chi connectivity index (χ3v) is 4.30. The van der Waals surface area contributed by atoms with Gasteiger partial charge in [-0.05, 0) is 61.0 Å². The number of hydrazone groups is 1. The van der Waals surface area contributed by atoms with E-state index in [0.29, 0.717) is 0 Å². The van der Waals surface area contributed by atoms with Gasteiger partial charge in [-0.25, -0.2) is 4.98 Å². The number of ether oxygens (including phenoxy) is 1. The van der Waals surface area contributed by atoms with E-state index in [9.17, 15) is 5.11 Å². The Hall–Kier alpha value is -2.86. The lowest BCUT2D eigenvalue weighted by Crippen LogP contribution is -1.90. The molecule has 0 fully saturated rings. The van der Waals surface area contributed by atoms with E-state index in [1.165, 1.54) is 11.3 Å². The maximum absolute atomic E-state index is 9.38. The zero-order valence-electron chi connectivity index (χ0n) is 13.4. The van der Waals surface area contributed by atoms with E-state index >= 15 is 0 Å². The number of nitrogens with zero attached hydrogens (tertiary/aromatic N) is 2. The molecule has 24 heavy (non-hydrogen) atoms. The van der Waals surface area contributed by atoms with Gasteiger partial charge in [0.1, 0.15) is 11.5 Å². The molecule has 0 atom stereocenters. The van der Waals surface area contributed by atoms with Gasteiger partial charge in [0, 0.05) is 10.4 Å². The highest BCUT2D eigenvalue weighted by atomic mass is 32.1. The third-order valence-electron chi connectivity index (χ3n) is 3.43. The molecule has 122 valence electrons. The Kier molecular flexibility index (Phi) is 4.77. The topological polar surface area (TPSA) is 66.7 Å². The summed E-state index contributed by atoms with van der Waals surface area (Å²) in [6.07, 6.45) is 1.73. The Balaban J connectivity index is 1.70.